The Morgan fingerprint density at radius 3 is 1.46 bits per heavy atom. The minimum absolute atomic E-state index is 0.0507. The summed E-state index contributed by atoms with van der Waals surface area (Å²) >= 11 is 1.63. The van der Waals surface area contributed by atoms with Crippen LogP contribution in [0.1, 0.15) is 168 Å². The normalized spacial score (nSPS) is 11.4. The van der Waals surface area contributed by atoms with Gasteiger partial charge in [0.15, 0.2) is 0 Å². The van der Waals surface area contributed by atoms with E-state index in [0.717, 1.165) is 31.6 Å². The maximum atomic E-state index is 12.9. The van der Waals surface area contributed by atoms with Gasteiger partial charge < -0.3 is 14.5 Å². The molecular formula is C38H76N2O5S. The second-order valence-corrected chi connectivity index (χ2v) is 14.4. The summed E-state index contributed by atoms with van der Waals surface area (Å²) in [7, 11) is 4.07. The number of ether oxygens (including phenoxy) is 1. The van der Waals surface area contributed by atoms with Crippen LogP contribution >= 0.6 is 11.8 Å². The van der Waals surface area contributed by atoms with Gasteiger partial charge >= 0.3 is 5.97 Å². The molecule has 274 valence electrons. The minimum Gasteiger partial charge on any atom is -0.464 e. The lowest BCUT2D eigenvalue weighted by Gasteiger charge is -2.22. The Morgan fingerprint density at radius 2 is 0.957 bits per heavy atom. The molecule has 0 aliphatic heterocycles. The first kappa shape index (κ1) is 45.2. The number of carbonyl (C=O) groups is 2. The van der Waals surface area contributed by atoms with Gasteiger partial charge in [-0.15, -0.1) is 0 Å². The monoisotopic (exact) mass is 673 g/mol. The van der Waals surface area contributed by atoms with Crippen LogP contribution in [0.3, 0.4) is 0 Å². The van der Waals surface area contributed by atoms with Gasteiger partial charge in [-0.1, -0.05) is 149 Å². The average molecular weight is 673 g/mol. The van der Waals surface area contributed by atoms with Crippen LogP contribution in [0.2, 0.25) is 0 Å². The number of carbonyl (C=O) groups excluding carboxylic acids is 2. The smallest absolute Gasteiger partial charge is 0.305 e. The van der Waals surface area contributed by atoms with Crippen LogP contribution in [-0.2, 0) is 24.1 Å². The second-order valence-electron chi connectivity index (χ2n) is 13.3. The molecule has 7 nitrogen and oxygen atoms in total. The SMILES string of the molecule is CCCCCCCCCCCCCCOOCCN(CCOC(=O)CCCCCCCCCCCCC)C(=O)CSCCN(C)C. The summed E-state index contributed by atoms with van der Waals surface area (Å²) in [5.41, 5.74) is 0. The summed E-state index contributed by atoms with van der Waals surface area (Å²) in [4.78, 5) is 39.8. The maximum Gasteiger partial charge on any atom is 0.305 e. The highest BCUT2D eigenvalue weighted by Crippen LogP contribution is 2.13. The summed E-state index contributed by atoms with van der Waals surface area (Å²) in [5, 5.41) is 0. The highest BCUT2D eigenvalue weighted by Gasteiger charge is 2.15. The molecule has 0 rings (SSSR count). The third-order valence-electron chi connectivity index (χ3n) is 8.48. The summed E-state index contributed by atoms with van der Waals surface area (Å²) in [5.74, 6) is 1.21. The molecule has 0 fully saturated rings. The van der Waals surface area contributed by atoms with Gasteiger partial charge in [-0.05, 0) is 26.9 Å². The van der Waals surface area contributed by atoms with Crippen molar-refractivity contribution in [2.24, 2.45) is 0 Å². The van der Waals surface area contributed by atoms with Crippen molar-refractivity contribution in [3.8, 4) is 0 Å². The van der Waals surface area contributed by atoms with Crippen LogP contribution in [0.15, 0.2) is 0 Å². The molecule has 0 aliphatic rings. The third kappa shape index (κ3) is 34.5. The Kier molecular flexibility index (Phi) is 36.3. The molecule has 0 saturated heterocycles. The largest absolute Gasteiger partial charge is 0.464 e. The molecule has 1 amide bonds. The number of hydrogen-bond donors (Lipinski definition) is 0. The number of nitrogens with zero attached hydrogens (tertiary/aromatic N) is 2. The number of thioether (sulfide) groups is 1. The van der Waals surface area contributed by atoms with Crippen molar-refractivity contribution in [3.05, 3.63) is 0 Å². The van der Waals surface area contributed by atoms with Gasteiger partial charge in [-0.25, -0.2) is 9.78 Å². The molecule has 0 bridgehead atoms. The predicted molar refractivity (Wildman–Crippen MR) is 197 cm³/mol. The molecule has 0 spiro atoms. The van der Waals surface area contributed by atoms with Crippen molar-refractivity contribution in [1.29, 1.82) is 0 Å². The van der Waals surface area contributed by atoms with E-state index in [-0.39, 0.29) is 18.5 Å². The standard InChI is InChI=1S/C38H76N2O5S/c1-5-7-9-11-13-15-17-19-21-23-25-27-32-44-45-34-30-40(37(41)36-46-35-31-39(3)4)29-33-43-38(42)28-26-24-22-20-18-16-14-12-10-8-6-2/h5-36H2,1-4H3. The van der Waals surface area contributed by atoms with Gasteiger partial charge in [-0.3, -0.25) is 9.59 Å². The zero-order valence-electron chi connectivity index (χ0n) is 31.0. The lowest BCUT2D eigenvalue weighted by molar-refractivity contribution is -0.295. The van der Waals surface area contributed by atoms with E-state index in [1.807, 2.05) is 14.1 Å². The van der Waals surface area contributed by atoms with Crippen molar-refractivity contribution in [3.63, 3.8) is 0 Å². The van der Waals surface area contributed by atoms with Crippen molar-refractivity contribution in [1.82, 2.24) is 9.80 Å². The first-order valence-corrected chi connectivity index (χ1v) is 20.6. The molecule has 0 saturated carbocycles. The second kappa shape index (κ2) is 37.0. The van der Waals surface area contributed by atoms with Crippen LogP contribution in [0.5, 0.6) is 0 Å². The van der Waals surface area contributed by atoms with E-state index in [2.05, 4.69) is 18.7 Å². The van der Waals surface area contributed by atoms with Crippen LogP contribution in [0.4, 0.5) is 0 Å². The first-order chi connectivity index (χ1) is 22.5. The van der Waals surface area contributed by atoms with Gasteiger partial charge in [0, 0.05) is 25.3 Å². The molecule has 0 aromatic rings. The Morgan fingerprint density at radius 1 is 0.522 bits per heavy atom. The first-order valence-electron chi connectivity index (χ1n) is 19.4. The molecule has 8 heteroatoms. The number of hydrogen-bond acceptors (Lipinski definition) is 7. The van der Waals surface area contributed by atoms with Gasteiger partial charge in [0.05, 0.1) is 25.5 Å². The van der Waals surface area contributed by atoms with Crippen LogP contribution in [0, 0.1) is 0 Å². The van der Waals surface area contributed by atoms with E-state index < -0.39 is 0 Å². The Bertz CT molecular complexity index is 653. The summed E-state index contributed by atoms with van der Waals surface area (Å²) in [6.45, 7) is 7.41. The van der Waals surface area contributed by atoms with Crippen molar-refractivity contribution >= 4 is 23.6 Å². The number of unbranched alkanes of at least 4 members (excludes halogenated alkanes) is 21. The van der Waals surface area contributed by atoms with E-state index in [9.17, 15) is 9.59 Å². The maximum absolute atomic E-state index is 12.9. The molecule has 0 atom stereocenters. The number of amides is 1. The fourth-order valence-electron chi connectivity index (χ4n) is 5.40. The van der Waals surface area contributed by atoms with E-state index in [1.54, 1.807) is 16.7 Å². The zero-order chi connectivity index (χ0) is 33.8. The van der Waals surface area contributed by atoms with Crippen LogP contribution in [0.25, 0.3) is 0 Å². The van der Waals surface area contributed by atoms with Gasteiger partial charge in [0.1, 0.15) is 6.61 Å². The number of rotatable bonds is 37. The van der Waals surface area contributed by atoms with Gasteiger partial charge in [-0.2, -0.15) is 11.8 Å². The predicted octanol–water partition coefficient (Wildman–Crippen LogP) is 10.0. The van der Waals surface area contributed by atoms with Crippen molar-refractivity contribution < 1.29 is 24.1 Å². The molecular weight excluding hydrogens is 596 g/mol. The van der Waals surface area contributed by atoms with E-state index in [4.69, 9.17) is 14.5 Å². The summed E-state index contributed by atoms with van der Waals surface area (Å²) < 4.78 is 5.49. The van der Waals surface area contributed by atoms with Gasteiger partial charge in [0.2, 0.25) is 5.91 Å². The minimum atomic E-state index is -0.161. The Balaban J connectivity index is 4.01. The molecule has 0 aliphatic carbocycles. The topological polar surface area (TPSA) is 68.3 Å². The summed E-state index contributed by atoms with van der Waals surface area (Å²) in [6.07, 6.45) is 30.0. The molecule has 0 aromatic heterocycles. The van der Waals surface area contributed by atoms with E-state index in [0.29, 0.717) is 38.5 Å². The molecule has 46 heavy (non-hydrogen) atoms. The van der Waals surface area contributed by atoms with Crippen LogP contribution < -0.4 is 0 Å². The Labute approximate surface area is 289 Å². The average Bonchev–Trinajstić information content (AvgIpc) is 3.04. The van der Waals surface area contributed by atoms with Crippen molar-refractivity contribution in [2.75, 3.05) is 65.1 Å². The van der Waals surface area contributed by atoms with E-state index >= 15 is 0 Å². The van der Waals surface area contributed by atoms with Crippen molar-refractivity contribution in [2.45, 2.75) is 168 Å². The highest BCUT2D eigenvalue weighted by atomic mass is 32.2. The molecule has 0 unspecified atom stereocenters. The third-order valence-corrected chi connectivity index (χ3v) is 9.40. The quantitative estimate of drug-likeness (QED) is 0.0282. The van der Waals surface area contributed by atoms with E-state index in [1.165, 1.54) is 128 Å². The molecule has 0 aromatic carbocycles. The van der Waals surface area contributed by atoms with Crippen LogP contribution in [-0.4, -0.2) is 86.7 Å². The fraction of sp³-hybridized carbons (Fsp3) is 0.947. The summed E-state index contributed by atoms with van der Waals surface area (Å²) in [6, 6.07) is 0. The number of esters is 1. The highest BCUT2D eigenvalue weighted by molar-refractivity contribution is 7.99. The lowest BCUT2D eigenvalue weighted by Crippen LogP contribution is -2.38. The molecule has 0 heterocycles. The Hall–Kier alpha value is -0.830. The lowest BCUT2D eigenvalue weighted by atomic mass is 10.1. The van der Waals surface area contributed by atoms with Gasteiger partial charge in [0.25, 0.3) is 0 Å². The fourth-order valence-corrected chi connectivity index (χ4v) is 6.40. The molecule has 0 radical (unpaired) electrons. The molecule has 0 N–H and O–H groups in total. The zero-order valence-corrected chi connectivity index (χ0v) is 31.8.